The van der Waals surface area contributed by atoms with Crippen LogP contribution in [0, 0.1) is 0 Å². The van der Waals surface area contributed by atoms with Crippen LogP contribution in [0.1, 0.15) is 45.9 Å². The molecule has 38 heavy (non-hydrogen) atoms. The highest BCUT2D eigenvalue weighted by atomic mass is 32.2. The molecule has 1 aliphatic rings. The van der Waals surface area contributed by atoms with Gasteiger partial charge in [-0.1, -0.05) is 30.3 Å². The number of piperazine rings is 1. The fourth-order valence-corrected chi connectivity index (χ4v) is 4.59. The second-order valence-corrected chi connectivity index (χ2v) is 12.2. The Labute approximate surface area is 223 Å². The number of carbonyl (C=O) groups is 1. The number of fused-ring (bicyclic) bond motifs is 1. The van der Waals surface area contributed by atoms with Crippen LogP contribution in [0.25, 0.3) is 5.65 Å². The minimum atomic E-state index is -3.64. The van der Waals surface area contributed by atoms with Gasteiger partial charge >= 0.3 is 6.09 Å². The molecule has 206 valence electrons. The number of amides is 1. The van der Waals surface area contributed by atoms with E-state index in [1.54, 1.807) is 15.5 Å². The van der Waals surface area contributed by atoms with E-state index in [2.05, 4.69) is 15.0 Å². The number of anilines is 1. The van der Waals surface area contributed by atoms with Gasteiger partial charge in [-0.2, -0.15) is 23.0 Å². The Hall–Kier alpha value is -3.38. The summed E-state index contributed by atoms with van der Waals surface area (Å²) >= 11 is 0. The summed E-state index contributed by atoms with van der Waals surface area (Å²) in [5, 5.41) is 4.57. The van der Waals surface area contributed by atoms with Crippen LogP contribution in [0.4, 0.5) is 10.6 Å². The zero-order valence-electron chi connectivity index (χ0n) is 22.6. The third kappa shape index (κ3) is 6.93. The van der Waals surface area contributed by atoms with Crippen molar-refractivity contribution in [3.63, 3.8) is 0 Å². The van der Waals surface area contributed by atoms with Crippen LogP contribution in [-0.2, 0) is 32.3 Å². The largest absolute Gasteiger partial charge is 0.473 e. The van der Waals surface area contributed by atoms with Crippen molar-refractivity contribution in [1.82, 2.24) is 19.5 Å². The monoisotopic (exact) mass is 545 g/mol. The van der Waals surface area contributed by atoms with E-state index in [9.17, 15) is 13.2 Å². The van der Waals surface area contributed by atoms with Crippen molar-refractivity contribution < 1.29 is 26.9 Å². The zero-order chi connectivity index (χ0) is 27.7. The van der Waals surface area contributed by atoms with Crippen molar-refractivity contribution in [3.8, 4) is 5.88 Å². The summed E-state index contributed by atoms with van der Waals surface area (Å²) in [7, 11) is -3.64. The normalized spacial score (nSPS) is 18.6. The molecule has 0 N–H and O–H groups in total. The minimum Gasteiger partial charge on any atom is -0.473 e. The van der Waals surface area contributed by atoms with Gasteiger partial charge in [0.05, 0.1) is 11.9 Å². The van der Waals surface area contributed by atoms with Gasteiger partial charge in [-0.3, -0.25) is 4.18 Å². The van der Waals surface area contributed by atoms with E-state index in [0.717, 1.165) is 11.8 Å². The average Bonchev–Trinajstić information content (AvgIpc) is 3.24. The van der Waals surface area contributed by atoms with E-state index >= 15 is 0 Å². The van der Waals surface area contributed by atoms with Crippen molar-refractivity contribution >= 4 is 27.7 Å². The lowest BCUT2D eigenvalue weighted by Crippen LogP contribution is -2.59. The number of hydrogen-bond donors (Lipinski definition) is 0. The Bertz CT molecular complexity index is 1390. The van der Waals surface area contributed by atoms with E-state index in [-0.39, 0.29) is 24.8 Å². The first kappa shape index (κ1) is 27.6. The smallest absolute Gasteiger partial charge is 0.410 e. The van der Waals surface area contributed by atoms with Crippen LogP contribution in [-0.4, -0.2) is 71.0 Å². The second kappa shape index (κ2) is 10.8. The highest BCUT2D eigenvalue weighted by Gasteiger charge is 2.36. The fraction of sp³-hybridized carbons (Fsp3) is 0.500. The SMILES string of the molecule is C[C@@H]1CN(c2cc(OCc3ccccc3)nc3cc(COS(C)(=O)=O)nn23)[C@@H](C)CN1C(=O)OC(C)(C)C. The van der Waals surface area contributed by atoms with E-state index in [1.165, 1.54) is 0 Å². The molecule has 2 atom stereocenters. The van der Waals surface area contributed by atoms with Crippen LogP contribution in [0.2, 0.25) is 0 Å². The van der Waals surface area contributed by atoms with Gasteiger partial charge in [-0.05, 0) is 40.2 Å². The molecule has 1 aromatic carbocycles. The molecule has 0 bridgehead atoms. The van der Waals surface area contributed by atoms with Crippen molar-refractivity contribution in [2.45, 2.75) is 65.5 Å². The number of carbonyl (C=O) groups excluding carboxylic acids is 1. The van der Waals surface area contributed by atoms with Gasteiger partial charge in [-0.15, -0.1) is 0 Å². The third-order valence-corrected chi connectivity index (χ3v) is 6.54. The highest BCUT2D eigenvalue weighted by Crippen LogP contribution is 2.29. The van der Waals surface area contributed by atoms with Crippen LogP contribution < -0.4 is 9.64 Å². The molecule has 4 rings (SSSR count). The van der Waals surface area contributed by atoms with E-state index in [1.807, 2.05) is 71.0 Å². The molecule has 1 amide bonds. The molecule has 1 saturated heterocycles. The molecule has 12 heteroatoms. The van der Waals surface area contributed by atoms with Gasteiger partial charge in [0.1, 0.15) is 24.6 Å². The van der Waals surface area contributed by atoms with Gasteiger partial charge in [0.25, 0.3) is 10.1 Å². The van der Waals surface area contributed by atoms with Crippen LogP contribution in [0.3, 0.4) is 0 Å². The van der Waals surface area contributed by atoms with Crippen LogP contribution in [0.5, 0.6) is 5.88 Å². The summed E-state index contributed by atoms with van der Waals surface area (Å²) in [6.45, 7) is 10.6. The molecule has 0 unspecified atom stereocenters. The van der Waals surface area contributed by atoms with E-state index < -0.39 is 15.7 Å². The van der Waals surface area contributed by atoms with Crippen LogP contribution in [0.15, 0.2) is 42.5 Å². The number of nitrogens with zero attached hydrogens (tertiary/aromatic N) is 5. The first-order valence-electron chi connectivity index (χ1n) is 12.5. The molecule has 11 nitrogen and oxygen atoms in total. The highest BCUT2D eigenvalue weighted by molar-refractivity contribution is 7.85. The molecule has 1 fully saturated rings. The molecular formula is C26H35N5O6S. The first-order chi connectivity index (χ1) is 17.8. The Kier molecular flexibility index (Phi) is 7.84. The standard InChI is InChI=1S/C26H35N5O6S/c1-18-15-30(25(32)37-26(3,4)5)19(2)14-29(18)24-13-23(35-16-20-10-8-7-9-11-20)27-22-12-21(28-31(22)24)17-36-38(6,33)34/h7-13,18-19H,14-17H2,1-6H3/t18-,19+/m0/s1. The molecule has 0 spiro atoms. The summed E-state index contributed by atoms with van der Waals surface area (Å²) in [6, 6.07) is 13.0. The Balaban J connectivity index is 1.65. The number of rotatable bonds is 7. The molecular weight excluding hydrogens is 510 g/mol. The maximum absolute atomic E-state index is 12.8. The molecule has 3 heterocycles. The fourth-order valence-electron chi connectivity index (χ4n) is 4.25. The van der Waals surface area contributed by atoms with Crippen LogP contribution >= 0.6 is 0 Å². The molecule has 2 aromatic heterocycles. The average molecular weight is 546 g/mol. The third-order valence-electron chi connectivity index (χ3n) is 5.99. The van der Waals surface area contributed by atoms with Crippen molar-refractivity contribution in [2.75, 3.05) is 24.2 Å². The summed E-state index contributed by atoms with van der Waals surface area (Å²) in [5.41, 5.74) is 1.32. The van der Waals surface area contributed by atoms with E-state index in [0.29, 0.717) is 42.7 Å². The van der Waals surface area contributed by atoms with Crippen molar-refractivity contribution in [3.05, 3.63) is 53.7 Å². The van der Waals surface area contributed by atoms with Gasteiger partial charge in [-0.25, -0.2) is 4.79 Å². The molecule has 0 saturated carbocycles. The first-order valence-corrected chi connectivity index (χ1v) is 14.3. The van der Waals surface area contributed by atoms with Gasteiger partial charge in [0.2, 0.25) is 5.88 Å². The number of benzene rings is 1. The van der Waals surface area contributed by atoms with Crippen molar-refractivity contribution in [2.24, 2.45) is 0 Å². The maximum atomic E-state index is 12.8. The quantitative estimate of drug-likeness (QED) is 0.411. The van der Waals surface area contributed by atoms with Gasteiger partial charge in [0, 0.05) is 37.3 Å². The Morgan fingerprint density at radius 3 is 2.42 bits per heavy atom. The molecule has 0 aliphatic carbocycles. The lowest BCUT2D eigenvalue weighted by molar-refractivity contribution is 0.0129. The van der Waals surface area contributed by atoms with Crippen molar-refractivity contribution in [1.29, 1.82) is 0 Å². The summed E-state index contributed by atoms with van der Waals surface area (Å²) in [4.78, 5) is 21.3. The topological polar surface area (TPSA) is 116 Å². The minimum absolute atomic E-state index is 0.0776. The Morgan fingerprint density at radius 1 is 1.05 bits per heavy atom. The Morgan fingerprint density at radius 2 is 1.76 bits per heavy atom. The second-order valence-electron chi connectivity index (χ2n) is 10.6. The number of ether oxygens (including phenoxy) is 2. The molecule has 1 aliphatic heterocycles. The maximum Gasteiger partial charge on any atom is 0.410 e. The summed E-state index contributed by atoms with van der Waals surface area (Å²) in [5.74, 6) is 1.12. The summed E-state index contributed by atoms with van der Waals surface area (Å²) < 4.78 is 41.3. The lowest BCUT2D eigenvalue weighted by Gasteiger charge is -2.45. The predicted molar refractivity (Wildman–Crippen MR) is 143 cm³/mol. The summed E-state index contributed by atoms with van der Waals surface area (Å²) in [6.07, 6.45) is 0.650. The molecule has 0 radical (unpaired) electrons. The number of aromatic nitrogens is 3. The van der Waals surface area contributed by atoms with E-state index in [4.69, 9.17) is 13.7 Å². The predicted octanol–water partition coefficient (Wildman–Crippen LogP) is 3.62. The molecule has 3 aromatic rings. The van der Waals surface area contributed by atoms with Gasteiger partial charge in [0.15, 0.2) is 5.65 Å². The number of hydrogen-bond acceptors (Lipinski definition) is 9. The zero-order valence-corrected chi connectivity index (χ0v) is 23.4. The van der Waals surface area contributed by atoms with Gasteiger partial charge < -0.3 is 19.3 Å². The lowest BCUT2D eigenvalue weighted by atomic mass is 10.1.